The molecule has 120 valence electrons. The van der Waals surface area contributed by atoms with Crippen LogP contribution in [-0.4, -0.2) is 25.7 Å². The summed E-state index contributed by atoms with van der Waals surface area (Å²) in [5, 5.41) is 6.77. The highest BCUT2D eigenvalue weighted by Gasteiger charge is 2.22. The number of hydrogen-bond donors (Lipinski definition) is 2. The van der Waals surface area contributed by atoms with Gasteiger partial charge in [0, 0.05) is 13.5 Å². The molecule has 1 aliphatic rings. The van der Waals surface area contributed by atoms with Crippen molar-refractivity contribution in [3.05, 3.63) is 65.7 Å². The smallest absolute Gasteiger partial charge is 0.191 e. The van der Waals surface area contributed by atoms with Crippen LogP contribution in [0.25, 0.3) is 0 Å². The van der Waals surface area contributed by atoms with Gasteiger partial charge in [-0.2, -0.15) is 0 Å². The van der Waals surface area contributed by atoms with Crippen LogP contribution in [0.4, 0.5) is 0 Å². The fraction of sp³-hybridized carbons (Fsp3) is 0.316. The summed E-state index contributed by atoms with van der Waals surface area (Å²) in [5.74, 6) is 1.79. The van der Waals surface area contributed by atoms with Crippen molar-refractivity contribution in [1.82, 2.24) is 10.6 Å². The molecule has 23 heavy (non-hydrogen) atoms. The van der Waals surface area contributed by atoms with Crippen LogP contribution in [0.15, 0.2) is 59.6 Å². The summed E-state index contributed by atoms with van der Waals surface area (Å²) in [5.41, 5.74) is 2.51. The molecule has 2 unspecified atom stereocenters. The summed E-state index contributed by atoms with van der Waals surface area (Å²) in [4.78, 5) is 4.30. The highest BCUT2D eigenvalue weighted by molar-refractivity contribution is 5.80. The Morgan fingerprint density at radius 3 is 2.65 bits per heavy atom. The lowest BCUT2D eigenvalue weighted by atomic mass is 10.1. The van der Waals surface area contributed by atoms with Crippen molar-refractivity contribution in [2.24, 2.45) is 4.99 Å². The predicted octanol–water partition coefficient (Wildman–Crippen LogP) is 2.92. The topological polar surface area (TPSA) is 45.7 Å². The Kier molecular flexibility index (Phi) is 4.81. The van der Waals surface area contributed by atoms with Crippen molar-refractivity contribution < 1.29 is 4.74 Å². The largest absolute Gasteiger partial charge is 0.488 e. The Morgan fingerprint density at radius 2 is 1.91 bits per heavy atom. The number of benzene rings is 2. The first kappa shape index (κ1) is 15.4. The third-order valence-electron chi connectivity index (χ3n) is 4.09. The molecule has 0 amide bonds. The van der Waals surface area contributed by atoms with Crippen LogP contribution in [0.5, 0.6) is 5.75 Å². The molecule has 1 heterocycles. The van der Waals surface area contributed by atoms with E-state index in [-0.39, 0.29) is 12.1 Å². The van der Waals surface area contributed by atoms with Crippen molar-refractivity contribution in [1.29, 1.82) is 0 Å². The van der Waals surface area contributed by atoms with E-state index in [0.29, 0.717) is 0 Å². The average molecular weight is 309 g/mol. The van der Waals surface area contributed by atoms with Gasteiger partial charge in [-0.1, -0.05) is 48.5 Å². The summed E-state index contributed by atoms with van der Waals surface area (Å²) in [6.45, 7) is 2.86. The van der Waals surface area contributed by atoms with Gasteiger partial charge < -0.3 is 15.4 Å². The number of nitrogens with zero attached hydrogens (tertiary/aromatic N) is 1. The normalized spacial score (nSPS) is 18.0. The van der Waals surface area contributed by atoms with E-state index >= 15 is 0 Å². The van der Waals surface area contributed by atoms with Gasteiger partial charge in [-0.25, -0.2) is 0 Å². The van der Waals surface area contributed by atoms with Crippen LogP contribution < -0.4 is 15.4 Å². The Bertz CT molecular complexity index is 644. The lowest BCUT2D eigenvalue weighted by molar-refractivity contribution is 0.234. The van der Waals surface area contributed by atoms with Gasteiger partial charge in [0.25, 0.3) is 0 Å². The van der Waals surface area contributed by atoms with Gasteiger partial charge >= 0.3 is 0 Å². The van der Waals surface area contributed by atoms with E-state index in [2.05, 4.69) is 46.8 Å². The lowest BCUT2D eigenvalue weighted by Crippen LogP contribution is -2.43. The molecule has 2 aromatic rings. The summed E-state index contributed by atoms with van der Waals surface area (Å²) in [6, 6.07) is 18.8. The van der Waals surface area contributed by atoms with Gasteiger partial charge in [0.1, 0.15) is 11.9 Å². The summed E-state index contributed by atoms with van der Waals surface area (Å²) in [6.07, 6.45) is 1.09. The Labute approximate surface area is 137 Å². The van der Waals surface area contributed by atoms with Crippen molar-refractivity contribution in [3.63, 3.8) is 0 Å². The molecule has 3 rings (SSSR count). The number of hydrogen-bond acceptors (Lipinski definition) is 2. The first-order valence-electron chi connectivity index (χ1n) is 8.03. The predicted molar refractivity (Wildman–Crippen MR) is 93.9 cm³/mol. The highest BCUT2D eigenvalue weighted by Crippen LogP contribution is 2.27. The number of fused-ring (bicyclic) bond motifs is 1. The van der Waals surface area contributed by atoms with E-state index < -0.39 is 0 Å². The Hall–Kier alpha value is -2.49. The number of nitrogens with one attached hydrogen (secondary N) is 2. The molecule has 2 aromatic carbocycles. The van der Waals surface area contributed by atoms with E-state index in [1.165, 1.54) is 11.1 Å². The van der Waals surface area contributed by atoms with E-state index in [1.54, 1.807) is 7.05 Å². The molecule has 0 spiro atoms. The quantitative estimate of drug-likeness (QED) is 0.674. The molecular formula is C19H23N3O. The molecule has 2 N–H and O–H groups in total. The van der Waals surface area contributed by atoms with Crippen molar-refractivity contribution >= 4 is 5.96 Å². The molecule has 0 radical (unpaired) electrons. The summed E-state index contributed by atoms with van der Waals surface area (Å²) in [7, 11) is 1.79. The van der Waals surface area contributed by atoms with E-state index in [4.69, 9.17) is 4.74 Å². The van der Waals surface area contributed by atoms with E-state index in [1.807, 2.05) is 30.3 Å². The van der Waals surface area contributed by atoms with Crippen molar-refractivity contribution in [2.75, 3.05) is 13.6 Å². The maximum Gasteiger partial charge on any atom is 0.191 e. The Morgan fingerprint density at radius 1 is 1.17 bits per heavy atom. The van der Waals surface area contributed by atoms with E-state index in [9.17, 15) is 0 Å². The first-order chi connectivity index (χ1) is 11.3. The minimum Gasteiger partial charge on any atom is -0.488 e. The molecule has 0 aromatic heterocycles. The fourth-order valence-electron chi connectivity index (χ4n) is 2.80. The molecule has 4 heteroatoms. The summed E-state index contributed by atoms with van der Waals surface area (Å²) >= 11 is 0. The average Bonchev–Trinajstić information content (AvgIpc) is 3.02. The monoisotopic (exact) mass is 309 g/mol. The van der Waals surface area contributed by atoms with Crippen LogP contribution in [0.1, 0.15) is 24.1 Å². The molecule has 0 bridgehead atoms. The number of aliphatic imine (C=N–C) groups is 1. The second-order valence-electron chi connectivity index (χ2n) is 5.78. The zero-order valence-corrected chi connectivity index (χ0v) is 13.6. The van der Waals surface area contributed by atoms with Crippen molar-refractivity contribution in [3.8, 4) is 5.75 Å². The zero-order chi connectivity index (χ0) is 16.1. The van der Waals surface area contributed by atoms with Gasteiger partial charge in [-0.3, -0.25) is 4.99 Å². The van der Waals surface area contributed by atoms with Gasteiger partial charge in [-0.05, 0) is 24.1 Å². The van der Waals surface area contributed by atoms with Crippen LogP contribution in [0.3, 0.4) is 0 Å². The molecule has 0 saturated heterocycles. The van der Waals surface area contributed by atoms with Crippen LogP contribution in [0, 0.1) is 0 Å². The van der Waals surface area contributed by atoms with Gasteiger partial charge in [0.15, 0.2) is 5.96 Å². The van der Waals surface area contributed by atoms with Gasteiger partial charge in [-0.15, -0.1) is 0 Å². The molecule has 4 nitrogen and oxygen atoms in total. The number of ether oxygens (including phenoxy) is 1. The molecule has 0 fully saturated rings. The maximum atomic E-state index is 5.95. The first-order valence-corrected chi connectivity index (χ1v) is 8.03. The number of guanidine groups is 1. The van der Waals surface area contributed by atoms with Gasteiger partial charge in [0.05, 0.1) is 12.6 Å². The van der Waals surface area contributed by atoms with E-state index in [0.717, 1.165) is 24.7 Å². The minimum atomic E-state index is 0.151. The maximum absolute atomic E-state index is 5.95. The number of para-hydroxylation sites is 1. The van der Waals surface area contributed by atoms with Crippen LogP contribution in [-0.2, 0) is 6.42 Å². The lowest BCUT2D eigenvalue weighted by Gasteiger charge is -2.20. The van der Waals surface area contributed by atoms with Crippen LogP contribution in [0.2, 0.25) is 0 Å². The summed E-state index contributed by atoms with van der Waals surface area (Å²) < 4.78 is 5.95. The highest BCUT2D eigenvalue weighted by atomic mass is 16.5. The third kappa shape index (κ3) is 3.83. The molecule has 1 aliphatic heterocycles. The molecule has 0 saturated carbocycles. The molecule has 0 aliphatic carbocycles. The molecular weight excluding hydrogens is 286 g/mol. The second kappa shape index (κ2) is 7.18. The minimum absolute atomic E-state index is 0.151. The number of rotatable bonds is 4. The second-order valence-corrected chi connectivity index (χ2v) is 5.78. The van der Waals surface area contributed by atoms with Crippen LogP contribution >= 0.6 is 0 Å². The third-order valence-corrected chi connectivity index (χ3v) is 4.09. The van der Waals surface area contributed by atoms with Gasteiger partial charge in [0.2, 0.25) is 0 Å². The molecule has 2 atom stereocenters. The SMILES string of the molecule is CN=C(NCC1Cc2ccccc2O1)NC(C)c1ccccc1. The van der Waals surface area contributed by atoms with Crippen molar-refractivity contribution in [2.45, 2.75) is 25.5 Å². The Balaban J connectivity index is 1.51. The standard InChI is InChI=1S/C19H23N3O/c1-14(15-8-4-3-5-9-15)22-19(20-2)21-13-17-12-16-10-6-7-11-18(16)23-17/h3-11,14,17H,12-13H2,1-2H3,(H2,20,21,22). The zero-order valence-electron chi connectivity index (χ0n) is 13.6. The fourth-order valence-corrected chi connectivity index (χ4v) is 2.80.